The van der Waals surface area contributed by atoms with Gasteiger partial charge in [-0.1, -0.05) is 0 Å². The number of fused-ring (bicyclic) bond motifs is 1. The number of benzene rings is 1. The van der Waals surface area contributed by atoms with Crippen molar-refractivity contribution in [1.29, 1.82) is 5.26 Å². The zero-order valence-corrected chi connectivity index (χ0v) is 15.4. The Kier molecular flexibility index (Phi) is 4.91. The molecule has 2 heterocycles. The third-order valence-electron chi connectivity index (χ3n) is 5.51. The van der Waals surface area contributed by atoms with Crippen LogP contribution in [-0.4, -0.2) is 27.9 Å². The Hall–Kier alpha value is -3.08. The van der Waals surface area contributed by atoms with Gasteiger partial charge in [0.05, 0.1) is 41.1 Å². The number of pyridine rings is 1. The molecule has 0 spiro atoms. The molecule has 4 rings (SSSR count). The molecule has 1 aliphatic carbocycles. The van der Waals surface area contributed by atoms with Crippen molar-refractivity contribution in [3.8, 4) is 11.8 Å². The summed E-state index contributed by atoms with van der Waals surface area (Å²) in [5.41, 5.74) is 0.0182. The minimum atomic E-state index is -4.61. The summed E-state index contributed by atoms with van der Waals surface area (Å²) >= 11 is 0. The lowest BCUT2D eigenvalue weighted by Crippen LogP contribution is -2.40. The number of ether oxygens (including phenoxy) is 1. The van der Waals surface area contributed by atoms with E-state index in [0.717, 1.165) is 17.8 Å². The fourth-order valence-corrected chi connectivity index (χ4v) is 4.04. The van der Waals surface area contributed by atoms with Gasteiger partial charge >= 0.3 is 6.18 Å². The van der Waals surface area contributed by atoms with Crippen LogP contribution in [0.1, 0.15) is 52.9 Å². The molecule has 1 fully saturated rings. The van der Waals surface area contributed by atoms with Crippen LogP contribution in [0.25, 0.3) is 0 Å². The van der Waals surface area contributed by atoms with Crippen molar-refractivity contribution in [2.75, 3.05) is 0 Å². The van der Waals surface area contributed by atoms with Gasteiger partial charge in [0.15, 0.2) is 0 Å². The number of hydrogen-bond acceptors (Lipinski definition) is 4. The maximum Gasteiger partial charge on any atom is 0.417 e. The number of alkyl halides is 3. The lowest BCUT2D eigenvalue weighted by Gasteiger charge is -2.34. The second-order valence-corrected chi connectivity index (χ2v) is 7.30. The van der Waals surface area contributed by atoms with Crippen molar-refractivity contribution in [3.63, 3.8) is 0 Å². The SMILES string of the molecule is N#Cc1ccc(O[C@H]2CC[C@H](N3Cc4ncccc4C3=O)CC2)cc1C(F)(F)F. The van der Waals surface area contributed by atoms with Gasteiger partial charge in [0.1, 0.15) is 5.75 Å². The molecule has 1 amide bonds. The summed E-state index contributed by atoms with van der Waals surface area (Å²) in [5.74, 6) is 0.0907. The topological polar surface area (TPSA) is 66.2 Å². The van der Waals surface area contributed by atoms with E-state index in [9.17, 15) is 18.0 Å². The van der Waals surface area contributed by atoms with E-state index < -0.39 is 17.3 Å². The van der Waals surface area contributed by atoms with E-state index in [0.29, 0.717) is 37.8 Å². The van der Waals surface area contributed by atoms with Crippen LogP contribution in [-0.2, 0) is 12.7 Å². The van der Waals surface area contributed by atoms with E-state index in [1.165, 1.54) is 6.07 Å². The van der Waals surface area contributed by atoms with Gasteiger partial charge < -0.3 is 9.64 Å². The fourth-order valence-electron chi connectivity index (χ4n) is 4.04. The molecule has 1 aromatic heterocycles. The molecule has 2 aliphatic rings. The van der Waals surface area contributed by atoms with Gasteiger partial charge in [0, 0.05) is 12.2 Å². The minimum Gasteiger partial charge on any atom is -0.490 e. The predicted molar refractivity (Wildman–Crippen MR) is 96.9 cm³/mol. The molecule has 1 aromatic carbocycles. The molecule has 5 nitrogen and oxygen atoms in total. The summed E-state index contributed by atoms with van der Waals surface area (Å²) in [4.78, 5) is 18.7. The van der Waals surface area contributed by atoms with Crippen LogP contribution < -0.4 is 4.74 Å². The van der Waals surface area contributed by atoms with E-state index >= 15 is 0 Å². The number of aromatic nitrogens is 1. The van der Waals surface area contributed by atoms with E-state index in [-0.39, 0.29) is 23.8 Å². The maximum atomic E-state index is 13.1. The second kappa shape index (κ2) is 7.39. The molecule has 29 heavy (non-hydrogen) atoms. The van der Waals surface area contributed by atoms with E-state index in [1.807, 2.05) is 4.90 Å². The van der Waals surface area contributed by atoms with E-state index in [4.69, 9.17) is 10.00 Å². The van der Waals surface area contributed by atoms with Gasteiger partial charge in [-0.2, -0.15) is 18.4 Å². The number of carbonyl (C=O) groups excluding carboxylic acids is 1. The second-order valence-electron chi connectivity index (χ2n) is 7.30. The molecule has 2 aromatic rings. The van der Waals surface area contributed by atoms with E-state index in [1.54, 1.807) is 24.4 Å². The first-order valence-electron chi connectivity index (χ1n) is 9.39. The number of nitrogens with zero attached hydrogens (tertiary/aromatic N) is 3. The summed E-state index contributed by atoms with van der Waals surface area (Å²) in [6.45, 7) is 0.496. The van der Waals surface area contributed by atoms with Crippen LogP contribution in [0.3, 0.4) is 0 Å². The van der Waals surface area contributed by atoms with Crippen molar-refractivity contribution in [3.05, 3.63) is 58.9 Å². The predicted octanol–water partition coefficient (Wildman–Crippen LogP) is 4.32. The molecular formula is C21H18F3N3O2. The summed E-state index contributed by atoms with van der Waals surface area (Å²) in [5, 5.41) is 8.89. The van der Waals surface area contributed by atoms with Gasteiger partial charge in [0.25, 0.3) is 5.91 Å². The first-order valence-corrected chi connectivity index (χ1v) is 9.39. The first-order chi connectivity index (χ1) is 13.9. The summed E-state index contributed by atoms with van der Waals surface area (Å²) in [6.07, 6.45) is -0.453. The number of carbonyl (C=O) groups is 1. The Balaban J connectivity index is 1.39. The number of amides is 1. The minimum absolute atomic E-state index is 0.0145. The van der Waals surface area contributed by atoms with Crippen LogP contribution in [0.4, 0.5) is 13.2 Å². The number of hydrogen-bond donors (Lipinski definition) is 0. The zero-order valence-electron chi connectivity index (χ0n) is 15.4. The molecule has 0 saturated heterocycles. The van der Waals surface area contributed by atoms with Crippen molar-refractivity contribution in [2.45, 2.75) is 50.6 Å². The highest BCUT2D eigenvalue weighted by Crippen LogP contribution is 2.36. The Bertz CT molecular complexity index is 976. The Labute approximate surface area is 165 Å². The number of rotatable bonds is 3. The first kappa shape index (κ1) is 19.2. The van der Waals surface area contributed by atoms with Crippen LogP contribution in [0.15, 0.2) is 36.5 Å². The molecule has 0 bridgehead atoms. The molecule has 0 N–H and O–H groups in total. The van der Waals surface area contributed by atoms with Crippen LogP contribution >= 0.6 is 0 Å². The molecule has 8 heteroatoms. The molecule has 0 radical (unpaired) electrons. The van der Waals surface area contributed by atoms with Crippen molar-refractivity contribution >= 4 is 5.91 Å². The third-order valence-corrected chi connectivity index (χ3v) is 5.51. The number of halogens is 3. The van der Waals surface area contributed by atoms with Gasteiger partial charge in [-0.3, -0.25) is 9.78 Å². The van der Waals surface area contributed by atoms with Crippen molar-refractivity contribution in [1.82, 2.24) is 9.88 Å². The third kappa shape index (κ3) is 3.77. The van der Waals surface area contributed by atoms with Gasteiger partial charge in [-0.25, -0.2) is 0 Å². The summed E-state index contributed by atoms with van der Waals surface area (Å²) in [7, 11) is 0. The average Bonchev–Trinajstić information content (AvgIpc) is 3.05. The Morgan fingerprint density at radius 1 is 1.17 bits per heavy atom. The van der Waals surface area contributed by atoms with Crippen LogP contribution in [0.5, 0.6) is 5.75 Å². The lowest BCUT2D eigenvalue weighted by molar-refractivity contribution is -0.137. The summed E-state index contributed by atoms with van der Waals surface area (Å²) in [6, 6.07) is 8.58. The Morgan fingerprint density at radius 3 is 2.59 bits per heavy atom. The maximum absolute atomic E-state index is 13.1. The standard InChI is InChI=1S/C21H18F3N3O2/c22-21(23,24)18-10-16(6-3-13(18)11-25)29-15-7-4-14(5-8-15)27-12-19-17(20(27)28)2-1-9-26-19/h1-3,6,9-10,14-15H,4-5,7-8,12H2/t14-,15-. The Morgan fingerprint density at radius 2 is 1.93 bits per heavy atom. The van der Waals surface area contributed by atoms with Crippen LogP contribution in [0, 0.1) is 11.3 Å². The monoisotopic (exact) mass is 401 g/mol. The lowest BCUT2D eigenvalue weighted by atomic mass is 9.92. The molecular weight excluding hydrogens is 383 g/mol. The summed E-state index contributed by atoms with van der Waals surface area (Å²) < 4.78 is 45.1. The normalized spacial score (nSPS) is 21.6. The van der Waals surface area contributed by atoms with Crippen molar-refractivity contribution in [2.24, 2.45) is 0 Å². The molecule has 0 atom stereocenters. The fraction of sp³-hybridized carbons (Fsp3) is 0.381. The smallest absolute Gasteiger partial charge is 0.417 e. The molecule has 150 valence electrons. The molecule has 1 saturated carbocycles. The average molecular weight is 401 g/mol. The largest absolute Gasteiger partial charge is 0.490 e. The number of nitriles is 1. The van der Waals surface area contributed by atoms with Gasteiger partial charge in [-0.15, -0.1) is 0 Å². The molecule has 0 unspecified atom stereocenters. The van der Waals surface area contributed by atoms with E-state index in [2.05, 4.69) is 4.98 Å². The zero-order chi connectivity index (χ0) is 20.6. The highest BCUT2D eigenvalue weighted by Gasteiger charge is 2.37. The quantitative estimate of drug-likeness (QED) is 0.768. The van der Waals surface area contributed by atoms with Crippen molar-refractivity contribution < 1.29 is 22.7 Å². The highest BCUT2D eigenvalue weighted by atomic mass is 19.4. The highest BCUT2D eigenvalue weighted by molar-refractivity contribution is 5.97. The van der Waals surface area contributed by atoms with Crippen LogP contribution in [0.2, 0.25) is 0 Å². The molecule has 1 aliphatic heterocycles. The van der Waals surface area contributed by atoms with Gasteiger partial charge in [0.2, 0.25) is 0 Å². The van der Waals surface area contributed by atoms with Gasteiger partial charge in [-0.05, 0) is 56.0 Å².